The van der Waals surface area contributed by atoms with Crippen LogP contribution in [-0.2, 0) is 13.6 Å². The molecule has 7 nitrogen and oxygen atoms in total. The molecule has 1 aliphatic heterocycles. The van der Waals surface area contributed by atoms with Crippen molar-refractivity contribution in [2.75, 3.05) is 27.2 Å². The third kappa shape index (κ3) is 3.51. The van der Waals surface area contributed by atoms with E-state index in [9.17, 15) is 4.79 Å². The van der Waals surface area contributed by atoms with Crippen LogP contribution in [0.1, 0.15) is 41.5 Å². The Hall–Kier alpha value is -2.15. The van der Waals surface area contributed by atoms with Crippen molar-refractivity contribution in [3.05, 3.63) is 35.9 Å². The Kier molecular flexibility index (Phi) is 4.99. The van der Waals surface area contributed by atoms with Crippen LogP contribution in [-0.4, -0.2) is 62.5 Å². The summed E-state index contributed by atoms with van der Waals surface area (Å²) in [6.07, 6.45) is 6.84. The van der Waals surface area contributed by atoms with Crippen molar-refractivity contribution in [2.45, 2.75) is 31.8 Å². The maximum absolute atomic E-state index is 13.0. The summed E-state index contributed by atoms with van der Waals surface area (Å²) in [4.78, 5) is 17.0. The van der Waals surface area contributed by atoms with E-state index in [4.69, 9.17) is 0 Å². The number of rotatable bonds is 5. The van der Waals surface area contributed by atoms with E-state index >= 15 is 0 Å². The van der Waals surface area contributed by atoms with Crippen molar-refractivity contribution in [1.82, 2.24) is 29.4 Å². The van der Waals surface area contributed by atoms with Gasteiger partial charge < -0.3 is 9.80 Å². The molecule has 1 fully saturated rings. The molecular formula is C17H26N6O. The summed E-state index contributed by atoms with van der Waals surface area (Å²) in [5.74, 6) is 0.0181. The van der Waals surface area contributed by atoms with Crippen LogP contribution in [0.2, 0.25) is 0 Å². The predicted molar refractivity (Wildman–Crippen MR) is 91.6 cm³/mol. The van der Waals surface area contributed by atoms with Crippen LogP contribution in [0.3, 0.4) is 0 Å². The lowest BCUT2D eigenvalue weighted by atomic mass is 9.99. The zero-order chi connectivity index (χ0) is 17.1. The van der Waals surface area contributed by atoms with Gasteiger partial charge in [-0.15, -0.1) is 0 Å². The predicted octanol–water partition coefficient (Wildman–Crippen LogP) is 1.55. The molecule has 1 unspecified atom stereocenters. The van der Waals surface area contributed by atoms with Gasteiger partial charge in [0.15, 0.2) is 0 Å². The molecule has 0 aliphatic carbocycles. The van der Waals surface area contributed by atoms with Crippen LogP contribution >= 0.6 is 0 Å². The standard InChI is InChI=1S/C17H26N6O/c1-20(2)12-13-22-11-8-14(19-22)17(24)23-10-5-4-6-16(23)15-7-9-18-21(15)3/h7-9,11,16H,4-6,10,12-13H2,1-3H3. The van der Waals surface area contributed by atoms with Crippen molar-refractivity contribution >= 4 is 5.91 Å². The summed E-state index contributed by atoms with van der Waals surface area (Å²) in [5.41, 5.74) is 1.62. The zero-order valence-electron chi connectivity index (χ0n) is 14.7. The third-order valence-electron chi connectivity index (χ3n) is 4.60. The molecule has 1 amide bonds. The molecule has 0 radical (unpaired) electrons. The summed E-state index contributed by atoms with van der Waals surface area (Å²) in [5, 5.41) is 8.73. The molecule has 1 saturated heterocycles. The minimum Gasteiger partial charge on any atom is -0.329 e. The first kappa shape index (κ1) is 16.7. The Balaban J connectivity index is 1.76. The maximum Gasteiger partial charge on any atom is 0.274 e. The average Bonchev–Trinajstić information content (AvgIpc) is 3.21. The normalized spacial score (nSPS) is 18.3. The van der Waals surface area contributed by atoms with Crippen LogP contribution in [0.5, 0.6) is 0 Å². The van der Waals surface area contributed by atoms with Gasteiger partial charge in [-0.1, -0.05) is 0 Å². The molecule has 3 rings (SSSR count). The summed E-state index contributed by atoms with van der Waals surface area (Å²) in [6.45, 7) is 2.46. The van der Waals surface area contributed by atoms with Gasteiger partial charge in [-0.05, 0) is 45.5 Å². The summed E-state index contributed by atoms with van der Waals surface area (Å²) >= 11 is 0. The number of hydrogen-bond donors (Lipinski definition) is 0. The van der Waals surface area contributed by atoms with E-state index in [-0.39, 0.29) is 11.9 Å². The van der Waals surface area contributed by atoms with Crippen molar-refractivity contribution in [2.24, 2.45) is 7.05 Å². The number of likely N-dealkylation sites (tertiary alicyclic amines) is 1. The molecule has 7 heteroatoms. The van der Waals surface area contributed by atoms with Gasteiger partial charge >= 0.3 is 0 Å². The molecule has 130 valence electrons. The molecule has 0 N–H and O–H groups in total. The number of amides is 1. The van der Waals surface area contributed by atoms with Crippen LogP contribution in [0.15, 0.2) is 24.5 Å². The van der Waals surface area contributed by atoms with Crippen molar-refractivity contribution in [3.8, 4) is 0 Å². The number of likely N-dealkylation sites (N-methyl/N-ethyl adjacent to an activating group) is 1. The van der Waals surface area contributed by atoms with Crippen molar-refractivity contribution < 1.29 is 4.79 Å². The molecule has 0 spiro atoms. The number of piperidine rings is 1. The Labute approximate surface area is 142 Å². The second-order valence-electron chi connectivity index (χ2n) is 6.66. The van der Waals surface area contributed by atoms with Crippen LogP contribution in [0, 0.1) is 0 Å². The van der Waals surface area contributed by atoms with Gasteiger partial charge in [-0.2, -0.15) is 10.2 Å². The highest BCUT2D eigenvalue weighted by molar-refractivity contribution is 5.92. The van der Waals surface area contributed by atoms with E-state index in [2.05, 4.69) is 15.1 Å². The number of carbonyl (C=O) groups is 1. The first-order valence-corrected chi connectivity index (χ1v) is 8.53. The lowest BCUT2D eigenvalue weighted by Gasteiger charge is -2.35. The monoisotopic (exact) mass is 330 g/mol. The Morgan fingerprint density at radius 2 is 2.17 bits per heavy atom. The topological polar surface area (TPSA) is 59.2 Å². The molecule has 0 saturated carbocycles. The second kappa shape index (κ2) is 7.17. The van der Waals surface area contributed by atoms with E-state index in [1.54, 1.807) is 6.20 Å². The number of aromatic nitrogens is 4. The van der Waals surface area contributed by atoms with E-state index in [0.717, 1.165) is 44.6 Å². The Morgan fingerprint density at radius 3 is 2.88 bits per heavy atom. The smallest absolute Gasteiger partial charge is 0.274 e. The number of aryl methyl sites for hydroxylation is 1. The van der Waals surface area contributed by atoms with Gasteiger partial charge in [0, 0.05) is 32.5 Å². The first-order chi connectivity index (χ1) is 11.6. The van der Waals surface area contributed by atoms with Gasteiger partial charge in [-0.3, -0.25) is 14.2 Å². The Morgan fingerprint density at radius 1 is 1.33 bits per heavy atom. The van der Waals surface area contributed by atoms with Gasteiger partial charge in [-0.25, -0.2) is 0 Å². The lowest BCUT2D eigenvalue weighted by molar-refractivity contribution is 0.0594. The van der Waals surface area contributed by atoms with E-state index in [1.165, 1.54) is 0 Å². The molecule has 0 bridgehead atoms. The largest absolute Gasteiger partial charge is 0.329 e. The highest BCUT2D eigenvalue weighted by atomic mass is 16.2. The van der Waals surface area contributed by atoms with Gasteiger partial charge in [0.2, 0.25) is 0 Å². The molecule has 1 atom stereocenters. The van der Waals surface area contributed by atoms with E-state index in [1.807, 2.05) is 53.7 Å². The number of hydrogen-bond acceptors (Lipinski definition) is 4. The minimum atomic E-state index is 0.0181. The van der Waals surface area contributed by atoms with Crippen molar-refractivity contribution in [1.29, 1.82) is 0 Å². The first-order valence-electron chi connectivity index (χ1n) is 8.53. The fourth-order valence-corrected chi connectivity index (χ4v) is 3.24. The Bertz CT molecular complexity index is 689. The fourth-order valence-electron chi connectivity index (χ4n) is 3.24. The van der Waals surface area contributed by atoms with Gasteiger partial charge in [0.05, 0.1) is 18.3 Å². The maximum atomic E-state index is 13.0. The van der Waals surface area contributed by atoms with Gasteiger partial charge in [0.25, 0.3) is 5.91 Å². The minimum absolute atomic E-state index is 0.0181. The number of carbonyl (C=O) groups excluding carboxylic acids is 1. The molecule has 24 heavy (non-hydrogen) atoms. The van der Waals surface area contributed by atoms with E-state index in [0.29, 0.717) is 5.69 Å². The van der Waals surface area contributed by atoms with Crippen molar-refractivity contribution in [3.63, 3.8) is 0 Å². The fraction of sp³-hybridized carbons (Fsp3) is 0.588. The molecule has 0 aromatic carbocycles. The quantitative estimate of drug-likeness (QED) is 0.834. The van der Waals surface area contributed by atoms with Crippen LogP contribution in [0.25, 0.3) is 0 Å². The zero-order valence-corrected chi connectivity index (χ0v) is 14.7. The number of nitrogens with zero attached hydrogens (tertiary/aromatic N) is 6. The molecule has 3 heterocycles. The molecular weight excluding hydrogens is 304 g/mol. The molecule has 2 aromatic heterocycles. The summed E-state index contributed by atoms with van der Waals surface area (Å²) in [6, 6.07) is 3.92. The second-order valence-corrected chi connectivity index (χ2v) is 6.66. The average molecular weight is 330 g/mol. The highest BCUT2D eigenvalue weighted by Gasteiger charge is 2.31. The van der Waals surface area contributed by atoms with Crippen LogP contribution in [0.4, 0.5) is 0 Å². The summed E-state index contributed by atoms with van der Waals surface area (Å²) < 4.78 is 3.71. The third-order valence-corrected chi connectivity index (χ3v) is 4.60. The molecule has 1 aliphatic rings. The summed E-state index contributed by atoms with van der Waals surface area (Å²) in [7, 11) is 5.99. The SMILES string of the molecule is CN(C)CCn1ccc(C(=O)N2CCCCC2c2ccnn2C)n1. The molecule has 2 aromatic rings. The van der Waals surface area contributed by atoms with Gasteiger partial charge in [0.1, 0.15) is 5.69 Å². The highest BCUT2D eigenvalue weighted by Crippen LogP contribution is 2.31. The van der Waals surface area contributed by atoms with E-state index < -0.39 is 0 Å². The lowest BCUT2D eigenvalue weighted by Crippen LogP contribution is -2.39. The van der Waals surface area contributed by atoms with Crippen LogP contribution < -0.4 is 0 Å².